The second-order valence-corrected chi connectivity index (χ2v) is 8.40. The first-order chi connectivity index (χ1) is 16.5. The molecule has 4 aromatic rings. The Labute approximate surface area is 199 Å². The lowest BCUT2D eigenvalue weighted by Crippen LogP contribution is -2.28. The highest BCUT2D eigenvalue weighted by atomic mass is 35.5. The van der Waals surface area contributed by atoms with Crippen LogP contribution in [0.25, 0.3) is 16.9 Å². The number of carbonyl (C=O) groups is 2. The molecule has 2 N–H and O–H groups in total. The van der Waals surface area contributed by atoms with Crippen LogP contribution in [0.5, 0.6) is 5.75 Å². The van der Waals surface area contributed by atoms with Gasteiger partial charge in [0.2, 0.25) is 5.91 Å². The normalized spacial score (nSPS) is 13.1. The van der Waals surface area contributed by atoms with Crippen LogP contribution in [-0.4, -0.2) is 49.8 Å². The molecular weight excluding hydrogens is 458 g/mol. The third-order valence-corrected chi connectivity index (χ3v) is 5.77. The predicted octanol–water partition coefficient (Wildman–Crippen LogP) is 3.03. The predicted molar refractivity (Wildman–Crippen MR) is 126 cm³/mol. The van der Waals surface area contributed by atoms with Crippen molar-refractivity contribution in [3.05, 3.63) is 59.6 Å². The Morgan fingerprint density at radius 1 is 1.29 bits per heavy atom. The summed E-state index contributed by atoms with van der Waals surface area (Å²) in [5.41, 5.74) is 2.36. The van der Waals surface area contributed by atoms with E-state index in [2.05, 4.69) is 25.8 Å². The first-order valence-electron chi connectivity index (χ1n) is 10.8. The zero-order chi connectivity index (χ0) is 23.7. The Kier molecular flexibility index (Phi) is 5.89. The third-order valence-electron chi connectivity index (χ3n) is 5.54. The third kappa shape index (κ3) is 4.44. The summed E-state index contributed by atoms with van der Waals surface area (Å²) >= 11 is 6.24. The van der Waals surface area contributed by atoms with Crippen LogP contribution in [0.3, 0.4) is 0 Å². The maximum atomic E-state index is 13.1. The topological polar surface area (TPSA) is 115 Å². The number of carbonyl (C=O) groups excluding carboxylic acids is 2. The fraction of sp³-hybridized carbons (Fsp3) is 0.261. The van der Waals surface area contributed by atoms with E-state index in [0.717, 1.165) is 12.8 Å². The minimum atomic E-state index is -0.377. The number of halogens is 1. The Bertz CT molecular complexity index is 1380. The average molecular weight is 480 g/mol. The van der Waals surface area contributed by atoms with Crippen molar-refractivity contribution in [1.82, 2.24) is 29.7 Å². The van der Waals surface area contributed by atoms with Crippen molar-refractivity contribution in [3.63, 3.8) is 0 Å². The van der Waals surface area contributed by atoms with E-state index in [1.807, 2.05) is 0 Å². The molecule has 5 rings (SSSR count). The lowest BCUT2D eigenvalue weighted by molar-refractivity contribution is -0.122. The van der Waals surface area contributed by atoms with Gasteiger partial charge in [-0.25, -0.2) is 9.50 Å². The highest BCUT2D eigenvalue weighted by Crippen LogP contribution is 2.36. The number of fused-ring (bicyclic) bond motifs is 1. The van der Waals surface area contributed by atoms with Gasteiger partial charge in [0.25, 0.3) is 5.91 Å². The van der Waals surface area contributed by atoms with Crippen molar-refractivity contribution < 1.29 is 14.3 Å². The number of hydrogen-bond donors (Lipinski definition) is 2. The molecule has 0 aliphatic heterocycles. The summed E-state index contributed by atoms with van der Waals surface area (Å²) < 4.78 is 8.70. The van der Waals surface area contributed by atoms with Gasteiger partial charge in [-0.15, -0.1) is 0 Å². The number of methoxy groups -OCH3 is 1. The summed E-state index contributed by atoms with van der Waals surface area (Å²) in [5, 5.41) is 15.2. The maximum Gasteiger partial charge on any atom is 0.261 e. The Morgan fingerprint density at radius 3 is 2.94 bits per heavy atom. The first-order valence-corrected chi connectivity index (χ1v) is 11.2. The molecule has 3 aromatic heterocycles. The molecule has 1 aromatic carbocycles. The fourth-order valence-electron chi connectivity index (χ4n) is 3.65. The fourth-order valence-corrected chi connectivity index (χ4v) is 3.82. The summed E-state index contributed by atoms with van der Waals surface area (Å²) in [6, 6.07) is 6.93. The van der Waals surface area contributed by atoms with Gasteiger partial charge in [-0.2, -0.15) is 10.2 Å². The van der Waals surface area contributed by atoms with Crippen molar-refractivity contribution in [3.8, 4) is 17.0 Å². The van der Waals surface area contributed by atoms with Crippen LogP contribution >= 0.6 is 11.6 Å². The highest BCUT2D eigenvalue weighted by Gasteiger charge is 2.29. The monoisotopic (exact) mass is 479 g/mol. The minimum Gasteiger partial charge on any atom is -0.496 e. The Morgan fingerprint density at radius 2 is 2.15 bits per heavy atom. The molecule has 10 nitrogen and oxygen atoms in total. The van der Waals surface area contributed by atoms with Gasteiger partial charge < -0.3 is 15.4 Å². The number of rotatable bonds is 8. The van der Waals surface area contributed by atoms with Crippen LogP contribution in [-0.2, 0) is 11.3 Å². The van der Waals surface area contributed by atoms with E-state index in [1.54, 1.807) is 54.6 Å². The van der Waals surface area contributed by atoms with Crippen LogP contribution < -0.4 is 15.4 Å². The largest absolute Gasteiger partial charge is 0.496 e. The van der Waals surface area contributed by atoms with E-state index < -0.39 is 0 Å². The van der Waals surface area contributed by atoms with Gasteiger partial charge in [-0.1, -0.05) is 11.6 Å². The molecule has 0 unspecified atom stereocenters. The van der Waals surface area contributed by atoms with E-state index in [1.165, 1.54) is 10.7 Å². The summed E-state index contributed by atoms with van der Waals surface area (Å²) in [5.74, 6) is 0.388. The number of ether oxygens (including phenoxy) is 1. The zero-order valence-corrected chi connectivity index (χ0v) is 19.1. The van der Waals surface area contributed by atoms with E-state index in [4.69, 9.17) is 16.3 Å². The van der Waals surface area contributed by atoms with Crippen molar-refractivity contribution >= 4 is 34.7 Å². The van der Waals surface area contributed by atoms with Gasteiger partial charge in [0.05, 0.1) is 25.5 Å². The number of nitrogens with one attached hydrogen (secondary N) is 2. The quantitative estimate of drug-likeness (QED) is 0.401. The van der Waals surface area contributed by atoms with Gasteiger partial charge in [0, 0.05) is 41.6 Å². The van der Waals surface area contributed by atoms with Crippen LogP contribution in [0.15, 0.2) is 49.1 Å². The number of amides is 2. The second-order valence-electron chi connectivity index (χ2n) is 7.96. The molecule has 1 aliphatic rings. The summed E-state index contributed by atoms with van der Waals surface area (Å²) in [6.07, 6.45) is 8.40. The molecule has 1 aliphatic carbocycles. The molecule has 0 radical (unpaired) electrons. The molecule has 0 saturated heterocycles. The molecular formula is C23H22ClN7O3. The number of aromatic nitrogens is 5. The first kappa shape index (κ1) is 21.9. The average Bonchev–Trinajstić information content (AvgIpc) is 3.49. The van der Waals surface area contributed by atoms with Crippen LogP contribution in [0.1, 0.15) is 23.2 Å². The van der Waals surface area contributed by atoms with Crippen LogP contribution in [0.4, 0.5) is 5.69 Å². The molecule has 0 atom stereocenters. The lowest BCUT2D eigenvalue weighted by atomic mass is 10.1. The van der Waals surface area contributed by atoms with Crippen LogP contribution in [0.2, 0.25) is 5.02 Å². The van der Waals surface area contributed by atoms with Gasteiger partial charge in [0.1, 0.15) is 17.0 Å². The van der Waals surface area contributed by atoms with Gasteiger partial charge >= 0.3 is 0 Å². The molecule has 0 spiro atoms. The van der Waals surface area contributed by atoms with Crippen LogP contribution in [0, 0.1) is 5.92 Å². The standard InChI is InChI=1S/C23H22ClN7O3/c1-34-19-6-5-15(24)11-16(19)20-18(13-30(29-20)10-8-26-22(32)14-3-4-14)28-23(33)17-12-27-31-9-2-7-25-21(17)31/h2,5-7,9,11-14H,3-4,8,10H2,1H3,(H,26,32)(H,28,33). The molecule has 3 heterocycles. The van der Waals surface area contributed by atoms with Crippen molar-refractivity contribution in [2.45, 2.75) is 19.4 Å². The maximum absolute atomic E-state index is 13.1. The van der Waals surface area contributed by atoms with Gasteiger partial charge in [-0.05, 0) is 37.1 Å². The molecule has 1 saturated carbocycles. The molecule has 2 amide bonds. The summed E-state index contributed by atoms with van der Waals surface area (Å²) in [4.78, 5) is 29.3. The molecule has 0 bridgehead atoms. The molecule has 34 heavy (non-hydrogen) atoms. The number of benzene rings is 1. The number of nitrogens with zero attached hydrogens (tertiary/aromatic N) is 5. The van der Waals surface area contributed by atoms with E-state index in [9.17, 15) is 9.59 Å². The van der Waals surface area contributed by atoms with Gasteiger partial charge in [0.15, 0.2) is 5.65 Å². The van der Waals surface area contributed by atoms with E-state index in [-0.39, 0.29) is 17.7 Å². The SMILES string of the molecule is COc1ccc(Cl)cc1-c1nn(CCNC(=O)C2CC2)cc1NC(=O)c1cnn2cccnc12. The molecule has 11 heteroatoms. The Balaban J connectivity index is 1.45. The smallest absolute Gasteiger partial charge is 0.261 e. The van der Waals surface area contributed by atoms with Crippen molar-refractivity contribution in [2.75, 3.05) is 19.0 Å². The van der Waals surface area contributed by atoms with Crippen molar-refractivity contribution in [1.29, 1.82) is 0 Å². The molecule has 1 fully saturated rings. The summed E-state index contributed by atoms with van der Waals surface area (Å²) in [7, 11) is 1.56. The van der Waals surface area contributed by atoms with E-state index >= 15 is 0 Å². The zero-order valence-electron chi connectivity index (χ0n) is 18.4. The minimum absolute atomic E-state index is 0.0676. The highest BCUT2D eigenvalue weighted by molar-refractivity contribution is 6.31. The molecule has 174 valence electrons. The Hall–Kier alpha value is -3.92. The van der Waals surface area contributed by atoms with Gasteiger partial charge in [-0.3, -0.25) is 14.3 Å². The summed E-state index contributed by atoms with van der Waals surface area (Å²) in [6.45, 7) is 0.858. The lowest BCUT2D eigenvalue weighted by Gasteiger charge is -2.09. The van der Waals surface area contributed by atoms with E-state index in [0.29, 0.717) is 52.0 Å². The number of hydrogen-bond acceptors (Lipinski definition) is 6. The number of anilines is 1. The van der Waals surface area contributed by atoms with Crippen molar-refractivity contribution in [2.24, 2.45) is 5.92 Å². The second kappa shape index (κ2) is 9.14.